The van der Waals surface area contributed by atoms with Gasteiger partial charge in [-0.1, -0.05) is 13.3 Å². The summed E-state index contributed by atoms with van der Waals surface area (Å²) in [6.45, 7) is 5.27. The van der Waals surface area contributed by atoms with Crippen molar-refractivity contribution in [1.29, 1.82) is 0 Å². The molecule has 2 heterocycles. The number of primary sulfonamides is 1. The summed E-state index contributed by atoms with van der Waals surface area (Å²) in [5.74, 6) is -0.266. The van der Waals surface area contributed by atoms with E-state index in [-0.39, 0.29) is 22.6 Å². The van der Waals surface area contributed by atoms with Gasteiger partial charge in [0.05, 0.1) is 9.77 Å². The standard InChI is InChI=1S/C21H27N3O4S2/c1-3-4-16-13-19(29-14(16)2)21(26)24-11-9-15(10-12-24)20(25)23-17-5-7-18(8-6-17)30(22,27)28/h5-8,13,15H,3-4,9-12H2,1-2H3,(H,23,25)(H2,22,27,28). The molecule has 0 unspecified atom stereocenters. The van der Waals surface area contributed by atoms with Crippen molar-refractivity contribution in [3.63, 3.8) is 0 Å². The van der Waals surface area contributed by atoms with E-state index in [2.05, 4.69) is 19.2 Å². The maximum atomic E-state index is 12.8. The second-order valence-corrected chi connectivity index (χ2v) is 10.4. The van der Waals surface area contributed by atoms with Crippen LogP contribution in [-0.2, 0) is 21.2 Å². The third-order valence-electron chi connectivity index (χ3n) is 5.35. The highest BCUT2D eigenvalue weighted by atomic mass is 32.2. The number of carbonyl (C=O) groups is 2. The molecule has 2 amide bonds. The number of sulfonamides is 1. The Morgan fingerprint density at radius 3 is 2.40 bits per heavy atom. The third kappa shape index (κ3) is 5.27. The minimum absolute atomic E-state index is 0.00164. The lowest BCUT2D eigenvalue weighted by atomic mass is 9.95. The van der Waals surface area contributed by atoms with Gasteiger partial charge in [-0.3, -0.25) is 9.59 Å². The number of rotatable bonds is 6. The zero-order valence-corrected chi connectivity index (χ0v) is 18.8. The van der Waals surface area contributed by atoms with Gasteiger partial charge in [-0.05, 0) is 62.1 Å². The van der Waals surface area contributed by atoms with Gasteiger partial charge < -0.3 is 10.2 Å². The van der Waals surface area contributed by atoms with E-state index in [1.165, 1.54) is 34.7 Å². The molecule has 7 nitrogen and oxygen atoms in total. The minimum atomic E-state index is -3.76. The molecule has 1 aromatic heterocycles. The number of benzene rings is 1. The van der Waals surface area contributed by atoms with Gasteiger partial charge in [-0.25, -0.2) is 13.6 Å². The van der Waals surface area contributed by atoms with Crippen LogP contribution < -0.4 is 10.5 Å². The molecule has 0 atom stereocenters. The molecular weight excluding hydrogens is 422 g/mol. The Bertz CT molecular complexity index is 1020. The van der Waals surface area contributed by atoms with Crippen molar-refractivity contribution < 1.29 is 18.0 Å². The number of nitrogens with zero attached hydrogens (tertiary/aromatic N) is 1. The van der Waals surface area contributed by atoms with Gasteiger partial charge in [0.15, 0.2) is 0 Å². The number of piperidine rings is 1. The van der Waals surface area contributed by atoms with E-state index in [9.17, 15) is 18.0 Å². The Kier molecular flexibility index (Phi) is 6.95. The number of likely N-dealkylation sites (tertiary alicyclic amines) is 1. The molecule has 1 saturated heterocycles. The topological polar surface area (TPSA) is 110 Å². The molecule has 1 aromatic carbocycles. The summed E-state index contributed by atoms with van der Waals surface area (Å²) >= 11 is 1.55. The number of amides is 2. The second kappa shape index (κ2) is 9.28. The summed E-state index contributed by atoms with van der Waals surface area (Å²) in [7, 11) is -3.76. The largest absolute Gasteiger partial charge is 0.338 e. The Balaban J connectivity index is 1.55. The van der Waals surface area contributed by atoms with Crippen LogP contribution in [0.15, 0.2) is 35.2 Å². The van der Waals surface area contributed by atoms with Crippen LogP contribution in [0, 0.1) is 12.8 Å². The summed E-state index contributed by atoms with van der Waals surface area (Å²) < 4.78 is 22.6. The fourth-order valence-corrected chi connectivity index (χ4v) is 5.17. The van der Waals surface area contributed by atoms with E-state index in [0.29, 0.717) is 31.6 Å². The zero-order chi connectivity index (χ0) is 21.9. The molecule has 3 N–H and O–H groups in total. The second-order valence-electron chi connectivity index (χ2n) is 7.57. The van der Waals surface area contributed by atoms with E-state index in [0.717, 1.165) is 17.7 Å². The van der Waals surface area contributed by atoms with Gasteiger partial charge in [0.25, 0.3) is 5.91 Å². The van der Waals surface area contributed by atoms with E-state index >= 15 is 0 Å². The summed E-state index contributed by atoms with van der Waals surface area (Å²) in [5, 5.41) is 7.90. The molecule has 0 radical (unpaired) electrons. The SMILES string of the molecule is CCCc1cc(C(=O)N2CCC(C(=O)Nc3ccc(S(N)(=O)=O)cc3)CC2)sc1C. The van der Waals surface area contributed by atoms with Crippen molar-refractivity contribution in [2.24, 2.45) is 11.1 Å². The van der Waals surface area contributed by atoms with Gasteiger partial charge in [-0.2, -0.15) is 0 Å². The van der Waals surface area contributed by atoms with Crippen LogP contribution in [0.2, 0.25) is 0 Å². The number of anilines is 1. The lowest BCUT2D eigenvalue weighted by Gasteiger charge is -2.31. The van der Waals surface area contributed by atoms with Crippen LogP contribution in [0.25, 0.3) is 0 Å². The number of hydrogen-bond acceptors (Lipinski definition) is 5. The van der Waals surface area contributed by atoms with Crippen molar-refractivity contribution in [2.45, 2.75) is 44.4 Å². The Hall–Kier alpha value is -2.23. The van der Waals surface area contributed by atoms with Crippen molar-refractivity contribution in [2.75, 3.05) is 18.4 Å². The van der Waals surface area contributed by atoms with Crippen LogP contribution >= 0.6 is 11.3 Å². The molecule has 0 saturated carbocycles. The molecule has 3 rings (SSSR count). The molecule has 2 aromatic rings. The van der Waals surface area contributed by atoms with Crippen molar-refractivity contribution >= 4 is 38.9 Å². The van der Waals surface area contributed by atoms with Crippen LogP contribution in [0.4, 0.5) is 5.69 Å². The molecule has 0 aliphatic carbocycles. The quantitative estimate of drug-likeness (QED) is 0.706. The van der Waals surface area contributed by atoms with Gasteiger partial charge in [0.2, 0.25) is 15.9 Å². The fourth-order valence-electron chi connectivity index (χ4n) is 3.62. The Morgan fingerprint density at radius 1 is 1.20 bits per heavy atom. The lowest BCUT2D eigenvalue weighted by molar-refractivity contribution is -0.121. The van der Waals surface area contributed by atoms with E-state index in [4.69, 9.17) is 5.14 Å². The minimum Gasteiger partial charge on any atom is -0.338 e. The molecule has 1 fully saturated rings. The fraction of sp³-hybridized carbons (Fsp3) is 0.429. The zero-order valence-electron chi connectivity index (χ0n) is 17.2. The third-order valence-corrected chi connectivity index (χ3v) is 7.36. The number of carbonyl (C=O) groups excluding carboxylic acids is 2. The predicted octanol–water partition coefficient (Wildman–Crippen LogP) is 3.15. The molecular formula is C21H27N3O4S2. The molecule has 1 aliphatic rings. The first-order valence-electron chi connectivity index (χ1n) is 10.0. The monoisotopic (exact) mass is 449 g/mol. The summed E-state index contributed by atoms with van der Waals surface area (Å²) in [6.07, 6.45) is 3.23. The van der Waals surface area contributed by atoms with E-state index in [1.807, 2.05) is 11.0 Å². The maximum absolute atomic E-state index is 12.8. The molecule has 0 bridgehead atoms. The normalized spacial score (nSPS) is 15.2. The average Bonchev–Trinajstić information content (AvgIpc) is 3.08. The van der Waals surface area contributed by atoms with Crippen molar-refractivity contribution in [1.82, 2.24) is 4.90 Å². The first kappa shape index (κ1) is 22.5. The highest BCUT2D eigenvalue weighted by molar-refractivity contribution is 7.89. The van der Waals surface area contributed by atoms with Gasteiger partial charge in [0, 0.05) is 29.6 Å². The predicted molar refractivity (Wildman–Crippen MR) is 118 cm³/mol. The molecule has 162 valence electrons. The highest BCUT2D eigenvalue weighted by Crippen LogP contribution is 2.27. The van der Waals surface area contributed by atoms with Crippen molar-refractivity contribution in [3.05, 3.63) is 45.6 Å². The first-order chi connectivity index (χ1) is 14.2. The van der Waals surface area contributed by atoms with E-state index < -0.39 is 10.0 Å². The van der Waals surface area contributed by atoms with Crippen LogP contribution in [0.1, 0.15) is 46.3 Å². The molecule has 0 spiro atoms. The van der Waals surface area contributed by atoms with Gasteiger partial charge >= 0.3 is 0 Å². The summed E-state index contributed by atoms with van der Waals surface area (Å²) in [5.41, 5.74) is 1.76. The van der Waals surface area contributed by atoms with Crippen LogP contribution in [-0.4, -0.2) is 38.2 Å². The molecule has 9 heteroatoms. The van der Waals surface area contributed by atoms with Crippen LogP contribution in [0.3, 0.4) is 0 Å². The van der Waals surface area contributed by atoms with Crippen molar-refractivity contribution in [3.8, 4) is 0 Å². The lowest BCUT2D eigenvalue weighted by Crippen LogP contribution is -2.41. The number of nitrogens with one attached hydrogen (secondary N) is 1. The highest BCUT2D eigenvalue weighted by Gasteiger charge is 2.28. The number of thiophene rings is 1. The Morgan fingerprint density at radius 2 is 1.83 bits per heavy atom. The average molecular weight is 450 g/mol. The Labute approximate surface area is 181 Å². The van der Waals surface area contributed by atoms with Gasteiger partial charge in [0.1, 0.15) is 0 Å². The van der Waals surface area contributed by atoms with E-state index in [1.54, 1.807) is 11.3 Å². The number of aryl methyl sites for hydroxylation is 2. The number of hydrogen-bond donors (Lipinski definition) is 2. The number of nitrogens with two attached hydrogens (primary N) is 1. The summed E-state index contributed by atoms with van der Waals surface area (Å²) in [4.78, 5) is 29.2. The van der Waals surface area contributed by atoms with Crippen LogP contribution in [0.5, 0.6) is 0 Å². The first-order valence-corrected chi connectivity index (χ1v) is 12.4. The molecule has 1 aliphatic heterocycles. The maximum Gasteiger partial charge on any atom is 0.263 e. The van der Waals surface area contributed by atoms with Gasteiger partial charge in [-0.15, -0.1) is 11.3 Å². The summed E-state index contributed by atoms with van der Waals surface area (Å²) in [6, 6.07) is 7.77. The molecule has 30 heavy (non-hydrogen) atoms. The smallest absolute Gasteiger partial charge is 0.263 e.